The molecule has 0 unspecified atom stereocenters. The maximum atomic E-state index is 13.0. The van der Waals surface area contributed by atoms with Gasteiger partial charge in [0, 0.05) is 37.4 Å². The van der Waals surface area contributed by atoms with E-state index in [1.807, 2.05) is 6.07 Å². The predicted molar refractivity (Wildman–Crippen MR) is 104 cm³/mol. The first-order chi connectivity index (χ1) is 13.5. The number of urea groups is 1. The van der Waals surface area contributed by atoms with Gasteiger partial charge in [-0.05, 0) is 48.9 Å². The van der Waals surface area contributed by atoms with Crippen molar-refractivity contribution in [2.24, 2.45) is 0 Å². The smallest absolute Gasteiger partial charge is 0.321 e. The van der Waals surface area contributed by atoms with Crippen LogP contribution in [0.15, 0.2) is 42.5 Å². The number of carbonyl (C=O) groups is 2. The second kappa shape index (κ2) is 8.72. The Balaban J connectivity index is 1.60. The topological polar surface area (TPSA) is 76.4 Å². The molecule has 0 aliphatic carbocycles. The molecule has 6 nitrogen and oxygen atoms in total. The number of nitrogens with one attached hydrogen (secondary N) is 1. The monoisotopic (exact) mass is 400 g/mol. The van der Waals surface area contributed by atoms with Gasteiger partial charge in [-0.3, -0.25) is 4.79 Å². The fraction of sp³-hybridized carbons (Fsp3) is 0.250. The van der Waals surface area contributed by atoms with Gasteiger partial charge in [0.1, 0.15) is 11.9 Å². The first-order valence-electron chi connectivity index (χ1n) is 8.78. The van der Waals surface area contributed by atoms with Gasteiger partial charge in [0.25, 0.3) is 5.91 Å². The van der Waals surface area contributed by atoms with Gasteiger partial charge in [0.05, 0.1) is 10.6 Å². The molecule has 144 valence electrons. The maximum Gasteiger partial charge on any atom is 0.321 e. The van der Waals surface area contributed by atoms with Crippen LogP contribution in [0.2, 0.25) is 5.02 Å². The van der Waals surface area contributed by atoms with Crippen LogP contribution in [0, 0.1) is 17.1 Å². The zero-order chi connectivity index (χ0) is 20.1. The van der Waals surface area contributed by atoms with Gasteiger partial charge < -0.3 is 15.1 Å². The highest BCUT2D eigenvalue weighted by atomic mass is 35.5. The number of anilines is 1. The van der Waals surface area contributed by atoms with Crippen LogP contribution in [0.5, 0.6) is 0 Å². The summed E-state index contributed by atoms with van der Waals surface area (Å²) in [7, 11) is 0. The van der Waals surface area contributed by atoms with E-state index in [-0.39, 0.29) is 17.0 Å². The SMILES string of the molecule is N#Cc1ccc(NC(=O)N2CCCN(C(=O)c3ccc(F)cc3)CC2)cc1Cl. The number of rotatable bonds is 2. The Morgan fingerprint density at radius 3 is 2.39 bits per heavy atom. The molecular weight excluding hydrogens is 383 g/mol. The predicted octanol–water partition coefficient (Wildman–Crippen LogP) is 3.73. The van der Waals surface area contributed by atoms with Gasteiger partial charge in [-0.15, -0.1) is 0 Å². The molecule has 0 atom stereocenters. The van der Waals surface area contributed by atoms with Crippen LogP contribution in [-0.2, 0) is 0 Å². The summed E-state index contributed by atoms with van der Waals surface area (Å²) in [6.45, 7) is 1.78. The molecule has 0 spiro atoms. The van der Waals surface area contributed by atoms with E-state index in [2.05, 4.69) is 5.32 Å². The Bertz CT molecular complexity index is 927. The van der Waals surface area contributed by atoms with Gasteiger partial charge in [-0.25, -0.2) is 9.18 Å². The summed E-state index contributed by atoms with van der Waals surface area (Å²) in [6.07, 6.45) is 0.633. The molecular formula is C20H18ClFN4O2. The third-order valence-corrected chi connectivity index (χ3v) is 4.82. The van der Waals surface area contributed by atoms with E-state index >= 15 is 0 Å². The molecule has 0 radical (unpaired) electrons. The second-order valence-electron chi connectivity index (χ2n) is 6.38. The van der Waals surface area contributed by atoms with Crippen molar-refractivity contribution in [1.29, 1.82) is 5.26 Å². The standard InChI is InChI=1S/C20H18ClFN4O2/c21-18-12-17(7-4-15(18)13-23)24-20(28)26-9-1-8-25(10-11-26)19(27)14-2-5-16(22)6-3-14/h2-7,12H,1,8-11H2,(H,24,28). The van der Waals surface area contributed by atoms with Crippen molar-refractivity contribution in [3.8, 4) is 6.07 Å². The Kier molecular flexibility index (Phi) is 6.12. The summed E-state index contributed by atoms with van der Waals surface area (Å²) in [5, 5.41) is 11.9. The molecule has 2 aromatic rings. The summed E-state index contributed by atoms with van der Waals surface area (Å²) >= 11 is 5.99. The average molecular weight is 401 g/mol. The molecule has 3 amide bonds. The quantitative estimate of drug-likeness (QED) is 0.834. The van der Waals surface area contributed by atoms with Crippen molar-refractivity contribution in [3.05, 3.63) is 64.4 Å². The number of nitrogens with zero attached hydrogens (tertiary/aromatic N) is 3. The molecule has 28 heavy (non-hydrogen) atoms. The zero-order valence-corrected chi connectivity index (χ0v) is 15.7. The van der Waals surface area contributed by atoms with E-state index in [0.717, 1.165) is 0 Å². The molecule has 0 bridgehead atoms. The van der Waals surface area contributed by atoms with Crippen LogP contribution in [0.25, 0.3) is 0 Å². The summed E-state index contributed by atoms with van der Waals surface area (Å²) in [4.78, 5) is 28.4. The molecule has 0 saturated carbocycles. The lowest BCUT2D eigenvalue weighted by molar-refractivity contribution is 0.0762. The summed E-state index contributed by atoms with van der Waals surface area (Å²) in [5.41, 5.74) is 1.26. The van der Waals surface area contributed by atoms with Gasteiger partial charge in [-0.1, -0.05) is 11.6 Å². The van der Waals surface area contributed by atoms with E-state index in [0.29, 0.717) is 49.4 Å². The second-order valence-corrected chi connectivity index (χ2v) is 6.78. The summed E-state index contributed by atoms with van der Waals surface area (Å²) in [6, 6.07) is 11.8. The van der Waals surface area contributed by atoms with Crippen LogP contribution in [0.3, 0.4) is 0 Å². The molecule has 1 saturated heterocycles. The van der Waals surface area contributed by atoms with Crippen molar-refractivity contribution in [2.45, 2.75) is 6.42 Å². The molecule has 8 heteroatoms. The van der Waals surface area contributed by atoms with Gasteiger partial charge in [-0.2, -0.15) is 5.26 Å². The van der Waals surface area contributed by atoms with Crippen LogP contribution in [-0.4, -0.2) is 47.9 Å². The van der Waals surface area contributed by atoms with Crippen molar-refractivity contribution < 1.29 is 14.0 Å². The Hall–Kier alpha value is -3.11. The first kappa shape index (κ1) is 19.6. The van der Waals surface area contributed by atoms with E-state index in [9.17, 15) is 14.0 Å². The molecule has 3 rings (SSSR count). The number of hydrogen-bond donors (Lipinski definition) is 1. The van der Waals surface area contributed by atoms with Crippen molar-refractivity contribution in [1.82, 2.24) is 9.80 Å². The van der Waals surface area contributed by atoms with Crippen LogP contribution in [0.4, 0.5) is 14.9 Å². The first-order valence-corrected chi connectivity index (χ1v) is 9.16. The highest BCUT2D eigenvalue weighted by molar-refractivity contribution is 6.32. The maximum absolute atomic E-state index is 13.0. The average Bonchev–Trinajstić information content (AvgIpc) is 2.94. The van der Waals surface area contributed by atoms with Crippen LogP contribution >= 0.6 is 11.6 Å². The molecule has 1 aliphatic rings. The minimum absolute atomic E-state index is 0.180. The number of carbonyl (C=O) groups excluding carboxylic acids is 2. The van der Waals surface area contributed by atoms with E-state index < -0.39 is 5.82 Å². The largest absolute Gasteiger partial charge is 0.337 e. The van der Waals surface area contributed by atoms with Crippen LogP contribution < -0.4 is 5.32 Å². The minimum atomic E-state index is -0.391. The van der Waals surface area contributed by atoms with Gasteiger partial charge in [0.15, 0.2) is 0 Å². The normalized spacial score (nSPS) is 14.2. The number of benzene rings is 2. The molecule has 1 N–H and O–H groups in total. The Morgan fingerprint density at radius 2 is 1.71 bits per heavy atom. The number of hydrogen-bond acceptors (Lipinski definition) is 3. The lowest BCUT2D eigenvalue weighted by Crippen LogP contribution is -2.39. The summed E-state index contributed by atoms with van der Waals surface area (Å²) < 4.78 is 13.0. The summed E-state index contributed by atoms with van der Waals surface area (Å²) in [5.74, 6) is -0.570. The third-order valence-electron chi connectivity index (χ3n) is 4.50. The molecule has 1 heterocycles. The van der Waals surface area contributed by atoms with Crippen molar-refractivity contribution >= 4 is 29.2 Å². The number of halogens is 2. The molecule has 1 fully saturated rings. The highest BCUT2D eigenvalue weighted by Crippen LogP contribution is 2.20. The lowest BCUT2D eigenvalue weighted by atomic mass is 10.2. The molecule has 0 aromatic heterocycles. The Morgan fingerprint density at radius 1 is 1.04 bits per heavy atom. The number of amides is 3. The van der Waals surface area contributed by atoms with Crippen molar-refractivity contribution in [3.63, 3.8) is 0 Å². The Labute approximate surface area is 167 Å². The number of nitriles is 1. The fourth-order valence-electron chi connectivity index (χ4n) is 2.98. The van der Waals surface area contributed by atoms with E-state index in [4.69, 9.17) is 16.9 Å². The zero-order valence-electron chi connectivity index (χ0n) is 15.0. The fourth-order valence-corrected chi connectivity index (χ4v) is 3.21. The van der Waals surface area contributed by atoms with Gasteiger partial charge in [0.2, 0.25) is 0 Å². The highest BCUT2D eigenvalue weighted by Gasteiger charge is 2.23. The molecule has 1 aliphatic heterocycles. The minimum Gasteiger partial charge on any atom is -0.337 e. The van der Waals surface area contributed by atoms with Gasteiger partial charge >= 0.3 is 6.03 Å². The third kappa shape index (κ3) is 4.59. The molecule has 2 aromatic carbocycles. The lowest BCUT2D eigenvalue weighted by Gasteiger charge is -2.22. The van der Waals surface area contributed by atoms with E-state index in [1.54, 1.807) is 21.9 Å². The van der Waals surface area contributed by atoms with Crippen LogP contribution in [0.1, 0.15) is 22.3 Å². The van der Waals surface area contributed by atoms with E-state index in [1.165, 1.54) is 30.3 Å². The van der Waals surface area contributed by atoms with Crippen molar-refractivity contribution in [2.75, 3.05) is 31.5 Å².